The third-order valence-electron chi connectivity index (χ3n) is 6.79. The highest BCUT2D eigenvalue weighted by molar-refractivity contribution is 5.88. The standard InChI is InChI=1S/C29H32N6O2/c1-20-32-29(28(30)37)33-35(20)27-12-6-22(7-13-27)16-21-2-8-24(9-3-21)25-10-4-23(5-11-25)17-34-15-14-31-26(18-34)19-36/h2-13,26,31,36H,14-19H2,1H3,(H2,30,37)/t26-/m0/s1. The molecular weight excluding hydrogens is 464 g/mol. The number of benzene rings is 3. The van der Waals surface area contributed by atoms with Gasteiger partial charge in [0.1, 0.15) is 5.82 Å². The molecule has 5 rings (SSSR count). The smallest absolute Gasteiger partial charge is 0.288 e. The first-order valence-corrected chi connectivity index (χ1v) is 12.6. The molecule has 0 aliphatic carbocycles. The molecule has 8 nitrogen and oxygen atoms in total. The molecule has 2 heterocycles. The second kappa shape index (κ2) is 11.0. The number of aliphatic hydroxyl groups excluding tert-OH is 1. The van der Waals surface area contributed by atoms with Crippen molar-refractivity contribution in [2.75, 3.05) is 26.2 Å². The lowest BCUT2D eigenvalue weighted by atomic mass is 9.99. The molecule has 1 atom stereocenters. The topological polar surface area (TPSA) is 109 Å². The Hall–Kier alpha value is -3.85. The Labute approximate surface area is 216 Å². The van der Waals surface area contributed by atoms with E-state index in [0.29, 0.717) is 5.82 Å². The number of rotatable bonds is 8. The zero-order chi connectivity index (χ0) is 25.8. The first kappa shape index (κ1) is 24.8. The summed E-state index contributed by atoms with van der Waals surface area (Å²) in [7, 11) is 0. The molecule has 1 aromatic heterocycles. The highest BCUT2D eigenvalue weighted by Gasteiger charge is 2.18. The average molecular weight is 497 g/mol. The molecule has 37 heavy (non-hydrogen) atoms. The van der Waals surface area contributed by atoms with Gasteiger partial charge in [0.25, 0.3) is 5.91 Å². The lowest BCUT2D eigenvalue weighted by molar-refractivity contribution is 0.0990. The SMILES string of the molecule is Cc1nc(C(N)=O)nn1-c1ccc(Cc2ccc(-c3ccc(CN4CCN[C@H](CO)C4)cc3)cc2)cc1. The molecule has 1 saturated heterocycles. The number of hydrogen-bond acceptors (Lipinski definition) is 6. The van der Waals surface area contributed by atoms with E-state index in [2.05, 4.69) is 81.0 Å². The van der Waals surface area contributed by atoms with Crippen LogP contribution in [0.3, 0.4) is 0 Å². The van der Waals surface area contributed by atoms with Crippen molar-refractivity contribution in [3.63, 3.8) is 0 Å². The molecule has 0 radical (unpaired) electrons. The van der Waals surface area contributed by atoms with Crippen molar-refractivity contribution < 1.29 is 9.90 Å². The number of aliphatic hydroxyl groups is 1. The van der Waals surface area contributed by atoms with Gasteiger partial charge in [-0.05, 0) is 53.3 Å². The molecule has 8 heteroatoms. The quantitative estimate of drug-likeness (QED) is 0.346. The van der Waals surface area contributed by atoms with Crippen molar-refractivity contribution in [3.8, 4) is 16.8 Å². The van der Waals surface area contributed by atoms with Gasteiger partial charge in [0.2, 0.25) is 5.82 Å². The van der Waals surface area contributed by atoms with E-state index >= 15 is 0 Å². The van der Waals surface area contributed by atoms with Crippen molar-refractivity contribution in [2.24, 2.45) is 5.73 Å². The molecule has 0 bridgehead atoms. The van der Waals surface area contributed by atoms with Gasteiger partial charge < -0.3 is 16.2 Å². The predicted octanol–water partition coefficient (Wildman–Crippen LogP) is 2.70. The highest BCUT2D eigenvalue weighted by atomic mass is 16.3. The van der Waals surface area contributed by atoms with Crippen LogP contribution in [0.2, 0.25) is 0 Å². The van der Waals surface area contributed by atoms with Crippen molar-refractivity contribution in [3.05, 3.63) is 101 Å². The van der Waals surface area contributed by atoms with Crippen molar-refractivity contribution >= 4 is 5.91 Å². The third-order valence-corrected chi connectivity index (χ3v) is 6.79. The molecule has 0 unspecified atom stereocenters. The number of carbonyl (C=O) groups is 1. The van der Waals surface area contributed by atoms with Crippen molar-refractivity contribution in [1.82, 2.24) is 25.0 Å². The number of piperazine rings is 1. The van der Waals surface area contributed by atoms with E-state index in [9.17, 15) is 9.90 Å². The fourth-order valence-electron chi connectivity index (χ4n) is 4.77. The Morgan fingerprint density at radius 3 is 2.14 bits per heavy atom. The summed E-state index contributed by atoms with van der Waals surface area (Å²) in [6, 6.07) is 25.7. The summed E-state index contributed by atoms with van der Waals surface area (Å²) in [5.74, 6) is 0.00126. The van der Waals surface area contributed by atoms with E-state index in [-0.39, 0.29) is 18.5 Å². The van der Waals surface area contributed by atoms with Crippen molar-refractivity contribution in [2.45, 2.75) is 25.9 Å². The number of hydrogen-bond donors (Lipinski definition) is 3. The Bertz CT molecular complexity index is 1350. The van der Waals surface area contributed by atoms with Crippen LogP contribution in [0, 0.1) is 6.92 Å². The molecule has 190 valence electrons. The molecule has 1 aliphatic heterocycles. The van der Waals surface area contributed by atoms with Crippen LogP contribution in [0.15, 0.2) is 72.8 Å². The van der Waals surface area contributed by atoms with Crippen LogP contribution in [-0.2, 0) is 13.0 Å². The fraction of sp³-hybridized carbons (Fsp3) is 0.276. The number of amides is 1. The summed E-state index contributed by atoms with van der Waals surface area (Å²) in [5.41, 5.74) is 12.2. The van der Waals surface area contributed by atoms with Gasteiger partial charge in [-0.2, -0.15) is 0 Å². The molecular formula is C29H32N6O2. The van der Waals surface area contributed by atoms with Crippen LogP contribution in [0.5, 0.6) is 0 Å². The van der Waals surface area contributed by atoms with Gasteiger partial charge in [0.05, 0.1) is 12.3 Å². The van der Waals surface area contributed by atoms with E-state index in [1.807, 2.05) is 12.1 Å². The largest absolute Gasteiger partial charge is 0.395 e. The van der Waals surface area contributed by atoms with E-state index in [1.165, 1.54) is 27.8 Å². The van der Waals surface area contributed by atoms with Crippen molar-refractivity contribution in [1.29, 1.82) is 0 Å². The van der Waals surface area contributed by atoms with Gasteiger partial charge in [0.15, 0.2) is 0 Å². The fourth-order valence-corrected chi connectivity index (χ4v) is 4.77. The molecule has 4 aromatic rings. The Kier molecular flexibility index (Phi) is 7.41. The number of aromatic nitrogens is 3. The third kappa shape index (κ3) is 5.94. The lowest BCUT2D eigenvalue weighted by Crippen LogP contribution is -2.51. The second-order valence-electron chi connectivity index (χ2n) is 9.56. The number of nitrogens with two attached hydrogens (primary N) is 1. The van der Waals surface area contributed by atoms with Gasteiger partial charge in [-0.1, -0.05) is 60.7 Å². The van der Waals surface area contributed by atoms with Gasteiger partial charge in [-0.15, -0.1) is 5.10 Å². The number of primary amides is 1. The molecule has 1 fully saturated rings. The van der Waals surface area contributed by atoms with Crippen LogP contribution in [0.1, 0.15) is 33.1 Å². The first-order valence-electron chi connectivity index (χ1n) is 12.6. The number of carbonyl (C=O) groups excluding carboxylic acids is 1. The summed E-state index contributed by atoms with van der Waals surface area (Å²) in [4.78, 5) is 17.9. The van der Waals surface area contributed by atoms with E-state index in [0.717, 1.165) is 38.3 Å². The molecule has 1 amide bonds. The monoisotopic (exact) mass is 496 g/mol. The molecule has 0 spiro atoms. The molecule has 4 N–H and O–H groups in total. The highest BCUT2D eigenvalue weighted by Crippen LogP contribution is 2.22. The first-order chi connectivity index (χ1) is 18.0. The van der Waals surface area contributed by atoms with Crippen LogP contribution >= 0.6 is 0 Å². The Morgan fingerprint density at radius 2 is 1.57 bits per heavy atom. The maximum Gasteiger partial charge on any atom is 0.288 e. The van der Waals surface area contributed by atoms with Crippen LogP contribution < -0.4 is 11.1 Å². The lowest BCUT2D eigenvalue weighted by Gasteiger charge is -2.32. The summed E-state index contributed by atoms with van der Waals surface area (Å²) < 4.78 is 1.62. The van der Waals surface area contributed by atoms with Crippen LogP contribution in [-0.4, -0.2) is 63.0 Å². The maximum absolute atomic E-state index is 11.4. The summed E-state index contributed by atoms with van der Waals surface area (Å²) in [5, 5.41) is 16.9. The Balaban J connectivity index is 1.20. The van der Waals surface area contributed by atoms with E-state index in [1.54, 1.807) is 11.6 Å². The van der Waals surface area contributed by atoms with Crippen LogP contribution in [0.4, 0.5) is 0 Å². The zero-order valence-corrected chi connectivity index (χ0v) is 21.0. The summed E-state index contributed by atoms with van der Waals surface area (Å²) >= 11 is 0. The molecule has 0 saturated carbocycles. The van der Waals surface area contributed by atoms with E-state index < -0.39 is 5.91 Å². The van der Waals surface area contributed by atoms with Gasteiger partial charge in [-0.25, -0.2) is 9.67 Å². The zero-order valence-electron chi connectivity index (χ0n) is 21.0. The average Bonchev–Trinajstić information content (AvgIpc) is 3.32. The van der Waals surface area contributed by atoms with Gasteiger partial charge in [-0.3, -0.25) is 9.69 Å². The molecule has 3 aromatic carbocycles. The summed E-state index contributed by atoms with van der Waals surface area (Å²) in [6.45, 7) is 5.66. The minimum atomic E-state index is -0.634. The number of nitrogens with zero attached hydrogens (tertiary/aromatic N) is 4. The van der Waals surface area contributed by atoms with Crippen LogP contribution in [0.25, 0.3) is 16.8 Å². The normalized spacial score (nSPS) is 16.1. The number of nitrogens with one attached hydrogen (secondary N) is 1. The molecule has 1 aliphatic rings. The Morgan fingerprint density at radius 1 is 0.973 bits per heavy atom. The maximum atomic E-state index is 11.4. The summed E-state index contributed by atoms with van der Waals surface area (Å²) in [6.07, 6.45) is 0.821. The van der Waals surface area contributed by atoms with Gasteiger partial charge in [0, 0.05) is 32.2 Å². The van der Waals surface area contributed by atoms with E-state index in [4.69, 9.17) is 5.73 Å². The predicted molar refractivity (Wildman–Crippen MR) is 143 cm³/mol. The minimum absolute atomic E-state index is 0.0204. The second-order valence-corrected chi connectivity index (χ2v) is 9.56. The minimum Gasteiger partial charge on any atom is -0.395 e. The number of aryl methyl sites for hydroxylation is 1. The van der Waals surface area contributed by atoms with Gasteiger partial charge >= 0.3 is 0 Å².